The molecule has 7 atom stereocenters. The number of thiazole rings is 1. The Kier molecular flexibility index (Phi) is 17.0. The first-order valence-electron chi connectivity index (χ1n) is 15.1. The van der Waals surface area contributed by atoms with E-state index in [4.69, 9.17) is 49.0 Å². The van der Waals surface area contributed by atoms with Gasteiger partial charge in [0.25, 0.3) is 0 Å². The van der Waals surface area contributed by atoms with Crippen LogP contribution in [0.25, 0.3) is 0 Å². The first-order valence-corrected chi connectivity index (χ1v) is 17.1. The quantitative estimate of drug-likeness (QED) is 0.0809. The summed E-state index contributed by atoms with van der Waals surface area (Å²) in [4.78, 5) is 44.2. The number of hydrogen-bond acceptors (Lipinski definition) is 8. The molecule has 0 saturated carbocycles. The molecule has 1 heterocycles. The van der Waals surface area contributed by atoms with Crippen LogP contribution in [0, 0.1) is 41.9 Å². The first kappa shape index (κ1) is 40.4. The first-order chi connectivity index (χ1) is 20.3. The monoisotopic (exact) mass is 693 g/mol. The van der Waals surface area contributed by atoms with Crippen LogP contribution >= 0.6 is 46.1 Å². The van der Waals surface area contributed by atoms with Crippen molar-refractivity contribution in [2.45, 2.75) is 103 Å². The van der Waals surface area contributed by atoms with Crippen molar-refractivity contribution < 1.29 is 28.6 Å². The van der Waals surface area contributed by atoms with Crippen molar-refractivity contribution in [3.05, 3.63) is 41.4 Å². The van der Waals surface area contributed by atoms with Gasteiger partial charge in [-0.2, -0.15) is 0 Å². The standard InChI is InChI=1S/C33H50Cl3NO6S/c1-11-13-21(4)29(43-31(40)41-19-33(34,35)36)24(7)30(39)32(9,10)23(6)17-28(38)42-27(15-14-20(3)12-2)22(5)16-26-18-44-25(8)37-26/h11-12,18,20-24,27,29H,1-2,13-17,19H2,3-10H3/t20?,21-,22?,23-,24+,27-,29-/m0/s1. The molecule has 0 saturated heterocycles. The topological polar surface area (TPSA) is 91.8 Å². The number of ether oxygens (including phenoxy) is 3. The number of carbonyl (C=O) groups excluding carboxylic acids is 3. The minimum Gasteiger partial charge on any atom is -0.462 e. The third kappa shape index (κ3) is 13.8. The van der Waals surface area contributed by atoms with Gasteiger partial charge in [-0.05, 0) is 56.3 Å². The summed E-state index contributed by atoms with van der Waals surface area (Å²) in [6.45, 7) is 22.3. The lowest BCUT2D eigenvalue weighted by atomic mass is 9.69. The largest absolute Gasteiger partial charge is 0.508 e. The average Bonchev–Trinajstić information content (AvgIpc) is 3.35. The summed E-state index contributed by atoms with van der Waals surface area (Å²) in [5.41, 5.74) is 0.0528. The maximum Gasteiger partial charge on any atom is 0.508 e. The average molecular weight is 695 g/mol. The second-order valence-corrected chi connectivity index (χ2v) is 16.2. The molecule has 0 N–H and O–H groups in total. The summed E-state index contributed by atoms with van der Waals surface area (Å²) in [6.07, 6.45) is 4.23. The van der Waals surface area contributed by atoms with E-state index in [0.29, 0.717) is 25.2 Å². The molecule has 0 fully saturated rings. The van der Waals surface area contributed by atoms with Crippen LogP contribution < -0.4 is 0 Å². The highest BCUT2D eigenvalue weighted by Crippen LogP contribution is 2.37. The number of hydrogen-bond donors (Lipinski definition) is 0. The lowest BCUT2D eigenvalue weighted by molar-refractivity contribution is -0.155. The van der Waals surface area contributed by atoms with Gasteiger partial charge in [0.15, 0.2) is 0 Å². The number of nitrogens with zero attached hydrogens (tertiary/aromatic N) is 1. The van der Waals surface area contributed by atoms with E-state index in [2.05, 4.69) is 32.0 Å². The fourth-order valence-corrected chi connectivity index (χ4v) is 5.85. The summed E-state index contributed by atoms with van der Waals surface area (Å²) in [6, 6.07) is 0. The molecule has 0 aliphatic rings. The van der Waals surface area contributed by atoms with Gasteiger partial charge in [0, 0.05) is 17.2 Å². The predicted octanol–water partition coefficient (Wildman–Crippen LogP) is 9.51. The van der Waals surface area contributed by atoms with Crippen LogP contribution in [0.1, 0.15) is 84.9 Å². The third-order valence-electron chi connectivity index (χ3n) is 8.36. The van der Waals surface area contributed by atoms with Crippen LogP contribution in [0.5, 0.6) is 0 Å². The Balaban J connectivity index is 3.01. The number of halogens is 3. The van der Waals surface area contributed by atoms with Gasteiger partial charge in [-0.3, -0.25) is 9.59 Å². The molecule has 0 amide bonds. The molecule has 0 bridgehead atoms. The highest BCUT2D eigenvalue weighted by Gasteiger charge is 2.43. The van der Waals surface area contributed by atoms with E-state index in [-0.39, 0.29) is 42.0 Å². The van der Waals surface area contributed by atoms with Gasteiger partial charge in [-0.25, -0.2) is 9.78 Å². The number of aromatic nitrogens is 1. The molecule has 250 valence electrons. The molecular formula is C33H50Cl3NO6S. The van der Waals surface area contributed by atoms with Crippen LogP contribution in [-0.4, -0.2) is 45.5 Å². The van der Waals surface area contributed by atoms with Crippen LogP contribution in [-0.2, 0) is 30.2 Å². The summed E-state index contributed by atoms with van der Waals surface area (Å²) in [7, 11) is 0. The fourth-order valence-electron chi connectivity index (χ4n) is 5.06. The van der Waals surface area contributed by atoms with Crippen molar-refractivity contribution in [1.82, 2.24) is 4.98 Å². The minimum atomic E-state index is -1.80. The van der Waals surface area contributed by atoms with E-state index in [1.165, 1.54) is 0 Å². The number of alkyl halides is 3. The van der Waals surface area contributed by atoms with E-state index >= 15 is 0 Å². The Morgan fingerprint density at radius 1 is 1.02 bits per heavy atom. The fraction of sp³-hybridized carbons (Fsp3) is 0.697. The molecular weight excluding hydrogens is 645 g/mol. The van der Waals surface area contributed by atoms with Crippen LogP contribution in [0.15, 0.2) is 30.7 Å². The molecule has 44 heavy (non-hydrogen) atoms. The smallest absolute Gasteiger partial charge is 0.462 e. The zero-order valence-corrected chi connectivity index (χ0v) is 30.5. The summed E-state index contributed by atoms with van der Waals surface area (Å²) in [5.74, 6) is -1.48. The summed E-state index contributed by atoms with van der Waals surface area (Å²) < 4.78 is 14.8. The van der Waals surface area contributed by atoms with Crippen molar-refractivity contribution in [2.75, 3.05) is 6.61 Å². The number of ketones is 1. The van der Waals surface area contributed by atoms with Crippen LogP contribution in [0.3, 0.4) is 0 Å². The van der Waals surface area contributed by atoms with E-state index in [1.54, 1.807) is 38.2 Å². The molecule has 1 aromatic heterocycles. The second kappa shape index (κ2) is 18.5. The molecule has 1 aromatic rings. The molecule has 11 heteroatoms. The van der Waals surface area contributed by atoms with E-state index in [1.807, 2.05) is 32.2 Å². The molecule has 7 nitrogen and oxygen atoms in total. The van der Waals surface area contributed by atoms with Crippen molar-refractivity contribution in [1.29, 1.82) is 0 Å². The van der Waals surface area contributed by atoms with Gasteiger partial charge < -0.3 is 14.2 Å². The van der Waals surface area contributed by atoms with Gasteiger partial charge in [0.1, 0.15) is 24.6 Å². The Morgan fingerprint density at radius 2 is 1.66 bits per heavy atom. The van der Waals surface area contributed by atoms with E-state index in [0.717, 1.165) is 17.1 Å². The molecule has 0 aliphatic heterocycles. The lowest BCUT2D eigenvalue weighted by Crippen LogP contribution is -2.44. The molecule has 0 spiro atoms. The Bertz CT molecular complexity index is 1100. The Labute approximate surface area is 283 Å². The highest BCUT2D eigenvalue weighted by molar-refractivity contribution is 7.09. The summed E-state index contributed by atoms with van der Waals surface area (Å²) in [5, 5.41) is 3.05. The highest BCUT2D eigenvalue weighted by atomic mass is 35.6. The second-order valence-electron chi connectivity index (χ2n) is 12.6. The molecule has 1 rings (SSSR count). The molecule has 0 aliphatic carbocycles. The van der Waals surface area contributed by atoms with Gasteiger partial charge in [-0.1, -0.05) is 95.4 Å². The SMILES string of the molecule is C=CC[C@H](C)[C@H](OC(=O)OCC(Cl)(Cl)Cl)[C@@H](C)C(=O)C(C)(C)[C@@H](C)CC(=O)O[C@@H](CCC(C)C=C)C(C)Cc1csc(C)n1. The lowest BCUT2D eigenvalue weighted by Gasteiger charge is -2.36. The number of aryl methyl sites for hydroxylation is 1. The molecule has 2 unspecified atom stereocenters. The number of carbonyl (C=O) groups is 3. The summed E-state index contributed by atoms with van der Waals surface area (Å²) >= 11 is 18.7. The maximum atomic E-state index is 13.9. The van der Waals surface area contributed by atoms with Crippen molar-refractivity contribution in [2.24, 2.45) is 35.0 Å². The normalized spacial score (nSPS) is 16.9. The van der Waals surface area contributed by atoms with Crippen molar-refractivity contribution in [3.63, 3.8) is 0 Å². The Morgan fingerprint density at radius 3 is 2.18 bits per heavy atom. The number of allylic oxidation sites excluding steroid dienone is 2. The van der Waals surface area contributed by atoms with Gasteiger partial charge in [0.2, 0.25) is 3.79 Å². The third-order valence-corrected chi connectivity index (χ3v) is 9.51. The van der Waals surface area contributed by atoms with E-state index in [9.17, 15) is 14.4 Å². The van der Waals surface area contributed by atoms with Crippen LogP contribution in [0.2, 0.25) is 0 Å². The molecule has 0 aromatic carbocycles. The molecule has 0 radical (unpaired) electrons. The minimum absolute atomic E-state index is 0.0561. The van der Waals surface area contributed by atoms with Gasteiger partial charge >= 0.3 is 12.1 Å². The predicted molar refractivity (Wildman–Crippen MR) is 180 cm³/mol. The van der Waals surface area contributed by atoms with Crippen molar-refractivity contribution >= 4 is 64.0 Å². The van der Waals surface area contributed by atoms with Crippen LogP contribution in [0.4, 0.5) is 4.79 Å². The zero-order chi connectivity index (χ0) is 33.8. The van der Waals surface area contributed by atoms with E-state index < -0.39 is 34.0 Å². The number of esters is 1. The number of rotatable bonds is 19. The number of Topliss-reactive ketones (excluding diaryl/α,β-unsaturated/α-hetero) is 1. The Hall–Kier alpha value is -1.61. The van der Waals surface area contributed by atoms with Gasteiger partial charge in [0.05, 0.1) is 16.6 Å². The maximum absolute atomic E-state index is 13.9. The van der Waals surface area contributed by atoms with Gasteiger partial charge in [-0.15, -0.1) is 24.5 Å². The zero-order valence-electron chi connectivity index (χ0n) is 27.4. The van der Waals surface area contributed by atoms with Crippen molar-refractivity contribution in [3.8, 4) is 0 Å².